The minimum atomic E-state index is -3.94. The average Bonchev–Trinajstić information content (AvgIpc) is 3.00. The smallest absolute Gasteiger partial charge is 1.00 e. The summed E-state index contributed by atoms with van der Waals surface area (Å²) in [5.74, 6) is 0.576. The average molecular weight is 747 g/mol. The van der Waals surface area contributed by atoms with Crippen LogP contribution in [0.15, 0.2) is 24.3 Å². The second kappa shape index (κ2) is 31.9. The molecule has 16 nitrogen and oxygen atoms in total. The Balaban J connectivity index is 0. The third kappa shape index (κ3) is 34.2. The van der Waals surface area contributed by atoms with E-state index in [0.29, 0.717) is 117 Å². The first-order chi connectivity index (χ1) is 22.2. The van der Waals surface area contributed by atoms with Crippen LogP contribution in [0, 0.1) is 0 Å². The second-order valence-corrected chi connectivity index (χ2v) is 12.5. The van der Waals surface area contributed by atoms with Gasteiger partial charge in [0.15, 0.2) is 11.5 Å². The molecule has 0 heterocycles. The molecule has 47 heavy (non-hydrogen) atoms. The monoisotopic (exact) mass is 746 g/mol. The van der Waals surface area contributed by atoms with Crippen LogP contribution in [0.2, 0.25) is 0 Å². The SMILES string of the molecule is O=S(=O)(O)CCCOCCOCCOCCOCCOc1ccccc1OCCOCCOCCOCCOCCCS(=O)(=O)O.[H-].[K+]. The molecule has 1 aromatic carbocycles. The van der Waals surface area contributed by atoms with E-state index in [4.69, 9.17) is 56.5 Å². The summed E-state index contributed by atoms with van der Waals surface area (Å²) in [6.07, 6.45) is 0.464. The van der Waals surface area contributed by atoms with Crippen LogP contribution in [0.3, 0.4) is 0 Å². The number of ether oxygens (including phenoxy) is 10. The minimum Gasteiger partial charge on any atom is -1.00 e. The molecule has 1 rings (SSSR count). The fourth-order valence-electron chi connectivity index (χ4n) is 3.32. The molecular formula is C28H51KO16S2. The molecule has 0 aliphatic rings. The Hall–Kier alpha value is -0.0436. The van der Waals surface area contributed by atoms with Gasteiger partial charge < -0.3 is 48.8 Å². The first kappa shape index (κ1) is 47.0. The van der Waals surface area contributed by atoms with E-state index in [0.717, 1.165) is 0 Å². The maximum atomic E-state index is 10.6. The first-order valence-electron chi connectivity index (χ1n) is 15.0. The van der Waals surface area contributed by atoms with E-state index in [1.807, 2.05) is 24.3 Å². The summed E-state index contributed by atoms with van der Waals surface area (Å²) in [6, 6.07) is 7.34. The van der Waals surface area contributed by atoms with Gasteiger partial charge in [-0.3, -0.25) is 9.11 Å². The third-order valence-corrected chi connectivity index (χ3v) is 7.04. The van der Waals surface area contributed by atoms with Gasteiger partial charge in [0.1, 0.15) is 13.2 Å². The van der Waals surface area contributed by atoms with E-state index < -0.39 is 20.2 Å². The molecule has 0 amide bonds. The van der Waals surface area contributed by atoms with Gasteiger partial charge in [0.25, 0.3) is 20.2 Å². The van der Waals surface area contributed by atoms with Gasteiger partial charge in [-0.2, -0.15) is 16.8 Å². The molecule has 0 radical (unpaired) electrons. The van der Waals surface area contributed by atoms with Crippen molar-refractivity contribution in [3.63, 3.8) is 0 Å². The Bertz CT molecular complexity index is 986. The standard InChI is InChI=1S/C28H50O16S2.K.H/c29-45(30,31)25-3-7-35-9-11-37-13-15-39-17-19-41-21-23-43-27-5-1-2-6-28(27)44-24-22-42-20-18-40-16-14-38-12-10-36-8-4-26-46(32,33)34;;/h1-2,5-6H,3-4,7-26H2,(H,29,30,31)(H,32,33,34);;/q;+1;-1. The predicted molar refractivity (Wildman–Crippen MR) is 167 cm³/mol. The van der Waals surface area contributed by atoms with E-state index in [2.05, 4.69) is 0 Å². The Labute approximate surface area is 322 Å². The van der Waals surface area contributed by atoms with Crippen molar-refractivity contribution in [3.05, 3.63) is 24.3 Å². The van der Waals surface area contributed by atoms with Crippen molar-refractivity contribution in [1.82, 2.24) is 0 Å². The van der Waals surface area contributed by atoms with Gasteiger partial charge in [0.05, 0.1) is 104 Å². The second-order valence-electron chi connectivity index (χ2n) is 9.32. The molecule has 0 aromatic heterocycles. The van der Waals surface area contributed by atoms with Crippen LogP contribution in [-0.4, -0.2) is 156 Å². The molecule has 0 bridgehead atoms. The Morgan fingerprint density at radius 1 is 0.426 bits per heavy atom. The molecule has 0 aliphatic carbocycles. The van der Waals surface area contributed by atoms with Crippen LogP contribution < -0.4 is 60.9 Å². The van der Waals surface area contributed by atoms with E-state index in [-0.39, 0.29) is 90.4 Å². The van der Waals surface area contributed by atoms with Gasteiger partial charge in [-0.1, -0.05) is 12.1 Å². The molecular weight excluding hydrogens is 696 g/mol. The van der Waals surface area contributed by atoms with Crippen molar-refractivity contribution in [1.29, 1.82) is 0 Å². The fraction of sp³-hybridized carbons (Fsp3) is 0.786. The summed E-state index contributed by atoms with van der Waals surface area (Å²) < 4.78 is 114. The molecule has 0 unspecified atom stereocenters. The van der Waals surface area contributed by atoms with Gasteiger partial charge in [-0.05, 0) is 25.0 Å². The van der Waals surface area contributed by atoms with E-state index in [9.17, 15) is 16.8 Å². The molecule has 19 heteroatoms. The molecule has 0 fully saturated rings. The van der Waals surface area contributed by atoms with Crippen molar-refractivity contribution in [2.45, 2.75) is 12.8 Å². The molecule has 0 aliphatic heterocycles. The number of para-hydroxylation sites is 2. The normalized spacial score (nSPS) is 11.8. The molecule has 0 spiro atoms. The maximum Gasteiger partial charge on any atom is 1.00 e. The van der Waals surface area contributed by atoms with Crippen LogP contribution in [0.4, 0.5) is 0 Å². The van der Waals surface area contributed by atoms with E-state index in [1.165, 1.54) is 0 Å². The first-order valence-corrected chi connectivity index (χ1v) is 18.3. The van der Waals surface area contributed by atoms with E-state index in [1.54, 1.807) is 0 Å². The predicted octanol–water partition coefficient (Wildman–Crippen LogP) is -1.75. The maximum absolute atomic E-state index is 10.6. The van der Waals surface area contributed by atoms with Crippen LogP contribution in [0.5, 0.6) is 11.5 Å². The number of hydrogen-bond acceptors (Lipinski definition) is 14. The topological polar surface area (TPSA) is 201 Å². The number of hydrogen-bond donors (Lipinski definition) is 2. The van der Waals surface area contributed by atoms with Crippen molar-refractivity contribution >= 4 is 20.2 Å². The summed E-state index contributed by atoms with van der Waals surface area (Å²) in [5, 5.41) is 0. The van der Waals surface area contributed by atoms with Crippen LogP contribution >= 0.6 is 0 Å². The quantitative estimate of drug-likeness (QED) is 0.0457. The van der Waals surface area contributed by atoms with Crippen molar-refractivity contribution < 1.29 is 126 Å². The van der Waals surface area contributed by atoms with E-state index >= 15 is 0 Å². The van der Waals surface area contributed by atoms with Gasteiger partial charge >= 0.3 is 51.4 Å². The zero-order valence-electron chi connectivity index (χ0n) is 28.3. The van der Waals surface area contributed by atoms with Crippen LogP contribution in [-0.2, 0) is 58.1 Å². The Kier molecular flexibility index (Phi) is 31.9. The van der Waals surface area contributed by atoms with Crippen molar-refractivity contribution in [2.75, 3.05) is 130 Å². The largest absolute Gasteiger partial charge is 1.00 e. The van der Waals surface area contributed by atoms with Gasteiger partial charge in [0, 0.05) is 13.2 Å². The zero-order chi connectivity index (χ0) is 33.6. The van der Waals surface area contributed by atoms with Gasteiger partial charge in [0.2, 0.25) is 0 Å². The summed E-state index contributed by atoms with van der Waals surface area (Å²) in [5.41, 5.74) is 0. The zero-order valence-corrected chi connectivity index (χ0v) is 32.0. The Morgan fingerprint density at radius 2 is 0.660 bits per heavy atom. The van der Waals surface area contributed by atoms with Gasteiger partial charge in [-0.15, -0.1) is 0 Å². The fourth-order valence-corrected chi connectivity index (χ4v) is 4.29. The van der Waals surface area contributed by atoms with Crippen LogP contribution in [0.1, 0.15) is 14.3 Å². The van der Waals surface area contributed by atoms with Crippen LogP contribution in [0.25, 0.3) is 0 Å². The van der Waals surface area contributed by atoms with Crippen molar-refractivity contribution in [2.24, 2.45) is 0 Å². The molecule has 0 saturated carbocycles. The summed E-state index contributed by atoms with van der Waals surface area (Å²) in [4.78, 5) is 0. The molecule has 0 saturated heterocycles. The Morgan fingerprint density at radius 3 is 0.915 bits per heavy atom. The van der Waals surface area contributed by atoms with Gasteiger partial charge in [-0.25, -0.2) is 0 Å². The molecule has 272 valence electrons. The van der Waals surface area contributed by atoms with Crippen molar-refractivity contribution in [3.8, 4) is 11.5 Å². The molecule has 1 aromatic rings. The number of rotatable bonds is 34. The summed E-state index contributed by atoms with van der Waals surface area (Å²) >= 11 is 0. The minimum absolute atomic E-state index is 0. The molecule has 2 N–H and O–H groups in total. The molecule has 0 atom stereocenters. The third-order valence-electron chi connectivity index (χ3n) is 5.43. The number of benzene rings is 1. The summed E-state index contributed by atoms with van der Waals surface area (Å²) in [7, 11) is -7.88. The summed E-state index contributed by atoms with van der Waals surface area (Å²) in [6.45, 7) is 6.56.